The fourth-order valence-corrected chi connectivity index (χ4v) is 5.65. The molecule has 8 heteroatoms. The summed E-state index contributed by atoms with van der Waals surface area (Å²) < 4.78 is 0. The molecule has 160 valence electrons. The predicted molar refractivity (Wildman–Crippen MR) is 115 cm³/mol. The lowest BCUT2D eigenvalue weighted by Gasteiger charge is -2.36. The van der Waals surface area contributed by atoms with Gasteiger partial charge in [0.05, 0.1) is 28.5 Å². The third kappa shape index (κ3) is 3.54. The van der Waals surface area contributed by atoms with Crippen LogP contribution in [-0.4, -0.2) is 61.1 Å². The van der Waals surface area contributed by atoms with Gasteiger partial charge in [0.15, 0.2) is 0 Å². The van der Waals surface area contributed by atoms with E-state index in [1.807, 2.05) is 18.2 Å². The van der Waals surface area contributed by atoms with Gasteiger partial charge in [0.1, 0.15) is 0 Å². The van der Waals surface area contributed by atoms with Crippen molar-refractivity contribution in [2.24, 2.45) is 23.7 Å². The number of hydrogen-bond donors (Lipinski definition) is 0. The van der Waals surface area contributed by atoms with Crippen LogP contribution in [0.1, 0.15) is 12.8 Å². The van der Waals surface area contributed by atoms with Crippen molar-refractivity contribution in [1.82, 2.24) is 9.96 Å². The maximum absolute atomic E-state index is 12.6. The van der Waals surface area contributed by atoms with Crippen molar-refractivity contribution in [3.8, 4) is 0 Å². The number of carbonyl (C=O) groups excluding carboxylic acids is 2. The molecule has 1 saturated carbocycles. The second-order valence-corrected chi connectivity index (χ2v) is 9.40. The Hall–Kier alpha value is -1.60. The van der Waals surface area contributed by atoms with Gasteiger partial charge >= 0.3 is 0 Å². The zero-order chi connectivity index (χ0) is 20.8. The van der Waals surface area contributed by atoms with E-state index in [-0.39, 0.29) is 35.5 Å². The number of hydrogen-bond acceptors (Lipinski definition) is 5. The number of allylic oxidation sites excluding steroid dienone is 2. The molecule has 6 nitrogen and oxygen atoms in total. The predicted octanol–water partition coefficient (Wildman–Crippen LogP) is 3.24. The molecule has 0 aromatic heterocycles. The molecule has 2 aliphatic heterocycles. The lowest BCUT2D eigenvalue weighted by Crippen LogP contribution is -2.46. The molecule has 0 spiro atoms. The Balaban J connectivity index is 1.05. The Morgan fingerprint density at radius 1 is 0.933 bits per heavy atom. The van der Waals surface area contributed by atoms with E-state index in [2.05, 4.69) is 22.0 Å². The van der Waals surface area contributed by atoms with E-state index >= 15 is 0 Å². The Labute approximate surface area is 186 Å². The van der Waals surface area contributed by atoms with Crippen LogP contribution in [0, 0.1) is 23.7 Å². The van der Waals surface area contributed by atoms with Crippen LogP contribution in [0.5, 0.6) is 0 Å². The number of rotatable bonds is 6. The summed E-state index contributed by atoms with van der Waals surface area (Å²) in [6.45, 7) is 4.99. The fraction of sp³-hybridized carbons (Fsp3) is 0.545. The molecule has 2 aliphatic carbocycles. The highest BCUT2D eigenvalue weighted by atomic mass is 35.5. The number of fused-ring (bicyclic) bond motifs is 5. The number of amides is 2. The molecule has 2 amide bonds. The van der Waals surface area contributed by atoms with E-state index in [4.69, 9.17) is 28.0 Å². The van der Waals surface area contributed by atoms with Crippen molar-refractivity contribution >= 4 is 40.7 Å². The van der Waals surface area contributed by atoms with E-state index in [1.54, 1.807) is 0 Å². The third-order valence-electron chi connectivity index (χ3n) is 6.91. The van der Waals surface area contributed by atoms with Crippen LogP contribution in [0.25, 0.3) is 0 Å². The Morgan fingerprint density at radius 2 is 1.60 bits per heavy atom. The summed E-state index contributed by atoms with van der Waals surface area (Å²) in [5.74, 6) is -0.230. The van der Waals surface area contributed by atoms with Crippen molar-refractivity contribution in [2.75, 3.05) is 44.2 Å². The Bertz CT molecular complexity index is 854. The molecule has 3 fully saturated rings. The summed E-state index contributed by atoms with van der Waals surface area (Å²) in [7, 11) is 0. The summed E-state index contributed by atoms with van der Waals surface area (Å²) in [6, 6.07) is 5.74. The number of hydroxylamine groups is 2. The van der Waals surface area contributed by atoms with Crippen LogP contribution in [0.4, 0.5) is 5.69 Å². The molecule has 1 aromatic carbocycles. The van der Waals surface area contributed by atoms with E-state index in [1.165, 1.54) is 0 Å². The fourth-order valence-electron chi connectivity index (χ4n) is 5.36. The molecule has 4 aliphatic rings. The second kappa shape index (κ2) is 8.15. The van der Waals surface area contributed by atoms with Gasteiger partial charge in [-0.15, -0.1) is 0 Å². The van der Waals surface area contributed by atoms with E-state index in [0.717, 1.165) is 56.3 Å². The van der Waals surface area contributed by atoms with Crippen molar-refractivity contribution < 1.29 is 14.4 Å². The first-order valence-corrected chi connectivity index (χ1v) is 11.4. The van der Waals surface area contributed by atoms with Gasteiger partial charge in [0.25, 0.3) is 11.8 Å². The van der Waals surface area contributed by atoms with Gasteiger partial charge in [-0.1, -0.05) is 35.4 Å². The quantitative estimate of drug-likeness (QED) is 0.379. The molecule has 4 atom stereocenters. The molecule has 2 bridgehead atoms. The van der Waals surface area contributed by atoms with Gasteiger partial charge in [-0.2, -0.15) is 5.06 Å². The first-order chi connectivity index (χ1) is 14.5. The average Bonchev–Trinajstić information content (AvgIpc) is 3.43. The molecule has 0 radical (unpaired) electrons. The lowest BCUT2D eigenvalue weighted by atomic mass is 9.85. The Morgan fingerprint density at radius 3 is 2.23 bits per heavy atom. The maximum atomic E-state index is 12.6. The van der Waals surface area contributed by atoms with Crippen molar-refractivity contribution in [3.63, 3.8) is 0 Å². The molecule has 2 heterocycles. The van der Waals surface area contributed by atoms with Gasteiger partial charge in [0, 0.05) is 38.4 Å². The van der Waals surface area contributed by atoms with Crippen LogP contribution in [0.3, 0.4) is 0 Å². The first-order valence-electron chi connectivity index (χ1n) is 10.6. The van der Waals surface area contributed by atoms with Gasteiger partial charge in [-0.05, 0) is 42.9 Å². The molecule has 2 unspecified atom stereocenters. The minimum Gasteiger partial charge on any atom is -0.369 e. The van der Waals surface area contributed by atoms with E-state index < -0.39 is 0 Å². The highest BCUT2D eigenvalue weighted by molar-refractivity contribution is 6.42. The number of piperazine rings is 1. The molecule has 0 N–H and O–H groups in total. The molecule has 1 aromatic rings. The van der Waals surface area contributed by atoms with Crippen molar-refractivity contribution in [2.45, 2.75) is 12.8 Å². The van der Waals surface area contributed by atoms with Gasteiger partial charge in [0.2, 0.25) is 0 Å². The van der Waals surface area contributed by atoms with Crippen LogP contribution in [0.15, 0.2) is 30.4 Å². The molecular weight excluding hydrogens is 425 g/mol. The minimum absolute atomic E-state index is 0.142. The topological polar surface area (TPSA) is 53.1 Å². The number of carbonyl (C=O) groups is 2. The summed E-state index contributed by atoms with van der Waals surface area (Å²) in [6.07, 6.45) is 5.91. The summed E-state index contributed by atoms with van der Waals surface area (Å²) in [5, 5.41) is 2.21. The number of imide groups is 1. The summed E-state index contributed by atoms with van der Waals surface area (Å²) >= 11 is 12.1. The molecule has 5 rings (SSSR count). The average molecular weight is 450 g/mol. The first kappa shape index (κ1) is 20.3. The molecule has 30 heavy (non-hydrogen) atoms. The zero-order valence-electron chi connectivity index (χ0n) is 16.7. The Kier molecular flexibility index (Phi) is 5.52. The summed E-state index contributed by atoms with van der Waals surface area (Å²) in [4.78, 5) is 35.5. The second-order valence-electron chi connectivity index (χ2n) is 8.58. The highest BCUT2D eigenvalue weighted by Gasteiger charge is 2.60. The van der Waals surface area contributed by atoms with Crippen LogP contribution >= 0.6 is 23.2 Å². The standard InChI is InChI=1S/C22H25Cl2N3O3/c23-17-5-4-16(13-18(17)24)26-9-7-25(8-10-26)6-1-11-30-27-21(28)19-14-2-3-15(12-14)20(19)22(27)29/h2-5,13-15,19-20H,1,6-12H2/t14-,15+,19?,20?. The van der Waals surface area contributed by atoms with Gasteiger partial charge in [-0.3, -0.25) is 19.3 Å². The summed E-state index contributed by atoms with van der Waals surface area (Å²) in [5.41, 5.74) is 1.09. The largest absolute Gasteiger partial charge is 0.369 e. The number of benzene rings is 1. The monoisotopic (exact) mass is 449 g/mol. The molecule has 2 saturated heterocycles. The van der Waals surface area contributed by atoms with Crippen LogP contribution in [-0.2, 0) is 14.4 Å². The van der Waals surface area contributed by atoms with Crippen molar-refractivity contribution in [3.05, 3.63) is 40.4 Å². The number of halogens is 2. The van der Waals surface area contributed by atoms with Gasteiger partial charge in [-0.25, -0.2) is 0 Å². The third-order valence-corrected chi connectivity index (χ3v) is 7.65. The zero-order valence-corrected chi connectivity index (χ0v) is 18.2. The van der Waals surface area contributed by atoms with Crippen LogP contribution in [0.2, 0.25) is 10.0 Å². The number of nitrogens with zero attached hydrogens (tertiary/aromatic N) is 3. The normalized spacial score (nSPS) is 30.6. The lowest BCUT2D eigenvalue weighted by molar-refractivity contribution is -0.190. The SMILES string of the molecule is O=C1C2C(C(=O)N1OCCCN1CCN(c3ccc(Cl)c(Cl)c3)CC1)[C@H]1C=C[C@@H]2C1. The smallest absolute Gasteiger partial charge is 0.258 e. The number of anilines is 1. The maximum Gasteiger partial charge on any atom is 0.258 e. The van der Waals surface area contributed by atoms with Crippen LogP contribution < -0.4 is 4.90 Å². The molecular formula is C22H25Cl2N3O3. The van der Waals surface area contributed by atoms with Crippen molar-refractivity contribution in [1.29, 1.82) is 0 Å². The highest BCUT2D eigenvalue weighted by Crippen LogP contribution is 2.52. The minimum atomic E-state index is -0.193. The van der Waals surface area contributed by atoms with Gasteiger partial charge < -0.3 is 4.90 Å². The van der Waals surface area contributed by atoms with E-state index in [9.17, 15) is 9.59 Å². The van der Waals surface area contributed by atoms with E-state index in [0.29, 0.717) is 16.7 Å².